The maximum Gasteiger partial charge on any atom is 0.254 e. The Morgan fingerprint density at radius 3 is 2.65 bits per heavy atom. The van der Waals surface area contributed by atoms with Crippen LogP contribution in [0.4, 0.5) is 0 Å². The zero-order chi connectivity index (χ0) is 14.1. The Hall–Kier alpha value is -1.61. The number of fused-ring (bicyclic) bond motifs is 1. The summed E-state index contributed by atoms with van der Waals surface area (Å²) in [7, 11) is 0. The Bertz CT molecular complexity index is 646. The molecule has 0 aromatic heterocycles. The van der Waals surface area contributed by atoms with E-state index >= 15 is 0 Å². The van der Waals surface area contributed by atoms with Crippen molar-refractivity contribution in [1.82, 2.24) is 4.90 Å². The van der Waals surface area contributed by atoms with Crippen LogP contribution in [-0.4, -0.2) is 17.4 Å². The van der Waals surface area contributed by atoms with Crippen LogP contribution in [0.15, 0.2) is 46.9 Å². The third-order valence-electron chi connectivity index (χ3n) is 3.71. The Labute approximate surface area is 127 Å². The molecule has 0 bridgehead atoms. The molecule has 1 heterocycles. The van der Waals surface area contributed by atoms with Crippen molar-refractivity contribution in [2.75, 3.05) is 6.54 Å². The molecular formula is C17H16BrNO. The van der Waals surface area contributed by atoms with Crippen LogP contribution < -0.4 is 0 Å². The molecule has 0 spiro atoms. The van der Waals surface area contributed by atoms with Crippen LogP contribution >= 0.6 is 15.9 Å². The number of rotatable bonds is 1. The van der Waals surface area contributed by atoms with Crippen LogP contribution in [0.5, 0.6) is 0 Å². The summed E-state index contributed by atoms with van der Waals surface area (Å²) in [5.74, 6) is 0.115. The minimum absolute atomic E-state index is 0.115. The van der Waals surface area contributed by atoms with Crippen molar-refractivity contribution in [3.05, 3.63) is 69.2 Å². The van der Waals surface area contributed by atoms with Crippen molar-refractivity contribution in [2.24, 2.45) is 0 Å². The number of benzene rings is 2. The lowest BCUT2D eigenvalue weighted by molar-refractivity contribution is 0.0734. The van der Waals surface area contributed by atoms with Crippen LogP contribution in [0.2, 0.25) is 0 Å². The standard InChI is InChI=1S/C17H16BrNO/c1-12-8-15(10-16(18)9-12)17(20)19-7-6-13-4-2-3-5-14(13)11-19/h2-5,8-10H,6-7,11H2,1H3. The first kappa shape index (κ1) is 13.4. The van der Waals surface area contributed by atoms with Crippen molar-refractivity contribution in [2.45, 2.75) is 19.9 Å². The minimum atomic E-state index is 0.115. The molecule has 2 nitrogen and oxygen atoms in total. The molecule has 20 heavy (non-hydrogen) atoms. The van der Waals surface area contributed by atoms with Crippen LogP contribution in [0.1, 0.15) is 27.0 Å². The molecule has 0 saturated carbocycles. The average molecular weight is 330 g/mol. The molecule has 1 aliphatic rings. The number of carbonyl (C=O) groups excluding carboxylic acids is 1. The molecule has 0 saturated heterocycles. The van der Waals surface area contributed by atoms with Crippen LogP contribution in [0, 0.1) is 6.92 Å². The second-order valence-corrected chi connectivity index (χ2v) is 6.18. The van der Waals surface area contributed by atoms with Gasteiger partial charge in [-0.15, -0.1) is 0 Å². The van der Waals surface area contributed by atoms with Gasteiger partial charge in [-0.05, 0) is 48.2 Å². The van der Waals surface area contributed by atoms with Gasteiger partial charge in [-0.3, -0.25) is 4.79 Å². The molecule has 0 aliphatic carbocycles. The number of halogens is 1. The second kappa shape index (κ2) is 5.41. The Morgan fingerprint density at radius 1 is 1.15 bits per heavy atom. The lowest BCUT2D eigenvalue weighted by atomic mass is 9.99. The van der Waals surface area contributed by atoms with Gasteiger partial charge < -0.3 is 4.90 Å². The SMILES string of the molecule is Cc1cc(Br)cc(C(=O)N2CCc3ccccc3C2)c1. The quantitative estimate of drug-likeness (QED) is 0.775. The molecule has 2 aromatic carbocycles. The fraction of sp³-hybridized carbons (Fsp3) is 0.235. The van der Waals surface area contributed by atoms with Crippen LogP contribution in [-0.2, 0) is 13.0 Å². The first-order valence-corrected chi connectivity index (χ1v) is 7.56. The number of aryl methyl sites for hydroxylation is 1. The summed E-state index contributed by atoms with van der Waals surface area (Å²) in [6.07, 6.45) is 0.939. The number of hydrogen-bond donors (Lipinski definition) is 0. The highest BCUT2D eigenvalue weighted by Gasteiger charge is 2.21. The highest BCUT2D eigenvalue weighted by atomic mass is 79.9. The van der Waals surface area contributed by atoms with Crippen molar-refractivity contribution in [3.8, 4) is 0 Å². The number of carbonyl (C=O) groups is 1. The summed E-state index contributed by atoms with van der Waals surface area (Å²) in [6.45, 7) is 3.51. The van der Waals surface area contributed by atoms with Gasteiger partial charge in [-0.2, -0.15) is 0 Å². The first-order valence-electron chi connectivity index (χ1n) is 6.77. The Balaban J connectivity index is 1.86. The molecule has 0 atom stereocenters. The summed E-state index contributed by atoms with van der Waals surface area (Å²) < 4.78 is 0.957. The average Bonchev–Trinajstić information content (AvgIpc) is 2.45. The molecule has 3 rings (SSSR count). The maximum atomic E-state index is 12.6. The van der Waals surface area contributed by atoms with E-state index in [2.05, 4.69) is 34.1 Å². The highest BCUT2D eigenvalue weighted by Crippen LogP contribution is 2.22. The molecule has 2 aromatic rings. The summed E-state index contributed by atoms with van der Waals surface area (Å²) in [5.41, 5.74) is 4.48. The van der Waals surface area contributed by atoms with Crippen molar-refractivity contribution >= 4 is 21.8 Å². The second-order valence-electron chi connectivity index (χ2n) is 5.26. The van der Waals surface area contributed by atoms with Gasteiger partial charge in [0, 0.05) is 23.1 Å². The fourth-order valence-electron chi connectivity index (χ4n) is 2.71. The van der Waals surface area contributed by atoms with Gasteiger partial charge >= 0.3 is 0 Å². The van der Waals surface area contributed by atoms with E-state index in [4.69, 9.17) is 0 Å². The predicted molar refractivity (Wildman–Crippen MR) is 83.8 cm³/mol. The van der Waals surface area contributed by atoms with E-state index in [1.54, 1.807) is 0 Å². The monoisotopic (exact) mass is 329 g/mol. The summed E-state index contributed by atoms with van der Waals surface area (Å²) in [6, 6.07) is 14.2. The molecule has 0 N–H and O–H groups in total. The predicted octanol–water partition coefficient (Wildman–Crippen LogP) is 3.96. The van der Waals surface area contributed by atoms with E-state index in [0.717, 1.165) is 28.6 Å². The van der Waals surface area contributed by atoms with E-state index in [-0.39, 0.29) is 5.91 Å². The van der Waals surface area contributed by atoms with Crippen molar-refractivity contribution in [1.29, 1.82) is 0 Å². The van der Waals surface area contributed by atoms with E-state index < -0.39 is 0 Å². The lowest BCUT2D eigenvalue weighted by Gasteiger charge is -2.29. The molecule has 3 heteroatoms. The van der Waals surface area contributed by atoms with Crippen LogP contribution in [0.25, 0.3) is 0 Å². The van der Waals surface area contributed by atoms with Crippen molar-refractivity contribution < 1.29 is 4.79 Å². The summed E-state index contributed by atoms with van der Waals surface area (Å²) >= 11 is 3.46. The van der Waals surface area contributed by atoms with Gasteiger partial charge in [0.15, 0.2) is 0 Å². The van der Waals surface area contributed by atoms with Gasteiger partial charge in [0.05, 0.1) is 0 Å². The number of hydrogen-bond acceptors (Lipinski definition) is 1. The molecule has 0 fully saturated rings. The zero-order valence-electron chi connectivity index (χ0n) is 11.4. The minimum Gasteiger partial charge on any atom is -0.334 e. The molecular weight excluding hydrogens is 314 g/mol. The van der Waals surface area contributed by atoms with E-state index in [1.807, 2.05) is 36.1 Å². The largest absolute Gasteiger partial charge is 0.334 e. The summed E-state index contributed by atoms with van der Waals surface area (Å²) in [5, 5.41) is 0. The molecule has 0 unspecified atom stereocenters. The zero-order valence-corrected chi connectivity index (χ0v) is 13.0. The third-order valence-corrected chi connectivity index (χ3v) is 4.16. The normalized spacial score (nSPS) is 14.0. The fourth-order valence-corrected chi connectivity index (χ4v) is 3.32. The first-order chi connectivity index (χ1) is 9.63. The van der Waals surface area contributed by atoms with Crippen LogP contribution in [0.3, 0.4) is 0 Å². The number of nitrogens with zero attached hydrogens (tertiary/aromatic N) is 1. The van der Waals surface area contributed by atoms with E-state index in [1.165, 1.54) is 11.1 Å². The third kappa shape index (κ3) is 2.63. The van der Waals surface area contributed by atoms with Gasteiger partial charge in [0.25, 0.3) is 5.91 Å². The van der Waals surface area contributed by atoms with Crippen molar-refractivity contribution in [3.63, 3.8) is 0 Å². The smallest absolute Gasteiger partial charge is 0.254 e. The topological polar surface area (TPSA) is 20.3 Å². The molecule has 1 aliphatic heterocycles. The molecule has 102 valence electrons. The highest BCUT2D eigenvalue weighted by molar-refractivity contribution is 9.10. The molecule has 1 amide bonds. The van der Waals surface area contributed by atoms with Gasteiger partial charge in [0.2, 0.25) is 0 Å². The van der Waals surface area contributed by atoms with Gasteiger partial charge in [-0.25, -0.2) is 0 Å². The number of amides is 1. The Morgan fingerprint density at radius 2 is 1.90 bits per heavy atom. The van der Waals surface area contributed by atoms with Gasteiger partial charge in [0.1, 0.15) is 0 Å². The maximum absolute atomic E-state index is 12.6. The molecule has 0 radical (unpaired) electrons. The Kier molecular flexibility index (Phi) is 3.62. The van der Waals surface area contributed by atoms with E-state index in [9.17, 15) is 4.79 Å². The van der Waals surface area contributed by atoms with Gasteiger partial charge in [-0.1, -0.05) is 40.2 Å². The lowest BCUT2D eigenvalue weighted by Crippen LogP contribution is -2.35. The van der Waals surface area contributed by atoms with E-state index in [0.29, 0.717) is 6.54 Å². The summed E-state index contributed by atoms with van der Waals surface area (Å²) in [4.78, 5) is 14.6.